The summed E-state index contributed by atoms with van der Waals surface area (Å²) in [5.74, 6) is -0.350. The van der Waals surface area contributed by atoms with Crippen molar-refractivity contribution in [3.8, 4) is 0 Å². The summed E-state index contributed by atoms with van der Waals surface area (Å²) in [6.07, 6.45) is 5.53. The van der Waals surface area contributed by atoms with Crippen molar-refractivity contribution in [1.29, 1.82) is 0 Å². The third-order valence-electron chi connectivity index (χ3n) is 5.30. The number of sulfonamides is 1. The van der Waals surface area contributed by atoms with Crippen LogP contribution in [-0.2, 0) is 24.3 Å². The molecule has 7 nitrogen and oxygen atoms in total. The van der Waals surface area contributed by atoms with E-state index < -0.39 is 22.5 Å². The Hall–Kier alpha value is -2.19. The van der Waals surface area contributed by atoms with Crippen molar-refractivity contribution in [2.45, 2.75) is 38.6 Å². The second-order valence-corrected chi connectivity index (χ2v) is 9.52. The van der Waals surface area contributed by atoms with E-state index in [1.165, 1.54) is 13.1 Å². The van der Waals surface area contributed by atoms with Gasteiger partial charge in [0, 0.05) is 25.5 Å². The molecule has 0 heterocycles. The summed E-state index contributed by atoms with van der Waals surface area (Å²) < 4.78 is 30.4. The van der Waals surface area contributed by atoms with Gasteiger partial charge in [-0.25, -0.2) is 8.42 Å². The summed E-state index contributed by atoms with van der Waals surface area (Å²) in [5.41, 5.74) is 0.734. The standard InChI is InChI=1S/C21H30N2O5S/c1-17-9-11-19(12-10-17)23(3)20(24)16-28-21(25)15-22(2)29(26,27)14-13-18-7-5-4-6-8-18/h4-8,13-14,17,19H,9-12,15-16H2,1-3H3/b14-13+. The molecule has 0 bridgehead atoms. The zero-order chi connectivity index (χ0) is 21.4. The molecule has 1 amide bonds. The maximum atomic E-state index is 12.3. The highest BCUT2D eigenvalue weighted by Gasteiger charge is 2.26. The summed E-state index contributed by atoms with van der Waals surface area (Å²) in [5, 5.41) is 1.04. The lowest BCUT2D eigenvalue weighted by Gasteiger charge is -2.33. The number of rotatable bonds is 8. The lowest BCUT2D eigenvalue weighted by Crippen LogP contribution is -2.42. The van der Waals surface area contributed by atoms with Crippen molar-refractivity contribution >= 4 is 28.0 Å². The van der Waals surface area contributed by atoms with Gasteiger partial charge in [-0.05, 0) is 43.2 Å². The summed E-state index contributed by atoms with van der Waals surface area (Å²) in [4.78, 5) is 25.9. The van der Waals surface area contributed by atoms with Crippen molar-refractivity contribution in [1.82, 2.24) is 9.21 Å². The minimum atomic E-state index is -3.77. The summed E-state index contributed by atoms with van der Waals surface area (Å²) in [7, 11) is -0.756. The summed E-state index contributed by atoms with van der Waals surface area (Å²) in [6.45, 7) is 1.37. The Bertz CT molecular complexity index is 815. The Kier molecular flexibility index (Phi) is 8.40. The van der Waals surface area contributed by atoms with Gasteiger partial charge >= 0.3 is 5.97 Å². The Balaban J connectivity index is 1.80. The van der Waals surface area contributed by atoms with E-state index in [0.717, 1.165) is 41.0 Å². The predicted molar refractivity (Wildman–Crippen MR) is 112 cm³/mol. The molecule has 29 heavy (non-hydrogen) atoms. The van der Waals surface area contributed by atoms with Gasteiger partial charge in [-0.2, -0.15) is 4.31 Å². The van der Waals surface area contributed by atoms with Gasteiger partial charge in [-0.3, -0.25) is 9.59 Å². The minimum absolute atomic E-state index is 0.170. The Morgan fingerprint density at radius 1 is 1.10 bits per heavy atom. The average molecular weight is 423 g/mol. The van der Waals surface area contributed by atoms with E-state index in [-0.39, 0.29) is 18.6 Å². The van der Waals surface area contributed by atoms with E-state index in [2.05, 4.69) is 6.92 Å². The highest BCUT2D eigenvalue weighted by Crippen LogP contribution is 2.26. The molecule has 8 heteroatoms. The summed E-state index contributed by atoms with van der Waals surface area (Å²) in [6, 6.07) is 9.15. The smallest absolute Gasteiger partial charge is 0.321 e. The van der Waals surface area contributed by atoms with Crippen molar-refractivity contribution in [3.05, 3.63) is 41.3 Å². The van der Waals surface area contributed by atoms with Crippen LogP contribution >= 0.6 is 0 Å². The molecule has 1 aromatic carbocycles. The first-order valence-electron chi connectivity index (χ1n) is 9.80. The molecule has 0 atom stereocenters. The molecular formula is C21H30N2O5S. The molecule has 1 saturated carbocycles. The van der Waals surface area contributed by atoms with Gasteiger partial charge in [0.1, 0.15) is 6.54 Å². The van der Waals surface area contributed by atoms with Crippen LogP contribution in [0.25, 0.3) is 6.08 Å². The van der Waals surface area contributed by atoms with Crippen LogP contribution < -0.4 is 0 Å². The number of hydrogen-bond acceptors (Lipinski definition) is 5. The second kappa shape index (κ2) is 10.5. The van der Waals surface area contributed by atoms with Crippen LogP contribution in [0.15, 0.2) is 35.7 Å². The normalized spacial score (nSPS) is 20.0. The molecule has 0 saturated heterocycles. The number of carbonyl (C=O) groups is 2. The van der Waals surface area contributed by atoms with Crippen LogP contribution in [0, 0.1) is 5.92 Å². The zero-order valence-electron chi connectivity index (χ0n) is 17.3. The lowest BCUT2D eigenvalue weighted by molar-refractivity contribution is -0.152. The summed E-state index contributed by atoms with van der Waals surface area (Å²) >= 11 is 0. The number of likely N-dealkylation sites (N-methyl/N-ethyl adjacent to an activating group) is 2. The lowest BCUT2D eigenvalue weighted by atomic mass is 9.87. The SMILES string of the molecule is CC1CCC(N(C)C(=O)COC(=O)CN(C)S(=O)(=O)/C=C/c2ccccc2)CC1. The van der Waals surface area contributed by atoms with Crippen LogP contribution in [0.3, 0.4) is 0 Å². The fourth-order valence-electron chi connectivity index (χ4n) is 3.23. The first-order valence-corrected chi connectivity index (χ1v) is 11.3. The van der Waals surface area contributed by atoms with Gasteiger partial charge in [-0.15, -0.1) is 0 Å². The van der Waals surface area contributed by atoms with E-state index in [1.54, 1.807) is 36.2 Å². The van der Waals surface area contributed by atoms with Gasteiger partial charge in [-0.1, -0.05) is 37.3 Å². The molecule has 1 aromatic rings. The largest absolute Gasteiger partial charge is 0.455 e. The maximum absolute atomic E-state index is 12.3. The van der Waals surface area contributed by atoms with Crippen LogP contribution in [0.5, 0.6) is 0 Å². The molecule has 2 rings (SSSR count). The highest BCUT2D eigenvalue weighted by atomic mass is 32.2. The van der Waals surface area contributed by atoms with Gasteiger partial charge in [0.25, 0.3) is 5.91 Å². The second-order valence-electron chi connectivity index (χ2n) is 7.59. The molecule has 1 aliphatic carbocycles. The topological polar surface area (TPSA) is 84.0 Å². The molecule has 1 fully saturated rings. The minimum Gasteiger partial charge on any atom is -0.455 e. The molecule has 0 aromatic heterocycles. The van der Waals surface area contributed by atoms with E-state index in [1.807, 2.05) is 6.07 Å². The van der Waals surface area contributed by atoms with E-state index in [9.17, 15) is 18.0 Å². The number of hydrogen-bond donors (Lipinski definition) is 0. The molecular weight excluding hydrogens is 392 g/mol. The molecule has 160 valence electrons. The van der Waals surface area contributed by atoms with Crippen LogP contribution in [-0.4, -0.2) is 62.8 Å². The van der Waals surface area contributed by atoms with E-state index >= 15 is 0 Å². The molecule has 1 aliphatic rings. The Morgan fingerprint density at radius 3 is 2.34 bits per heavy atom. The fraction of sp³-hybridized carbons (Fsp3) is 0.524. The number of nitrogens with zero attached hydrogens (tertiary/aromatic N) is 2. The molecule has 0 aliphatic heterocycles. The number of carbonyl (C=O) groups excluding carboxylic acids is 2. The van der Waals surface area contributed by atoms with Crippen LogP contribution in [0.2, 0.25) is 0 Å². The monoisotopic (exact) mass is 422 g/mol. The number of amides is 1. The van der Waals surface area contributed by atoms with Crippen molar-refractivity contribution < 1.29 is 22.7 Å². The predicted octanol–water partition coefficient (Wildman–Crippen LogP) is 2.50. The maximum Gasteiger partial charge on any atom is 0.321 e. The van der Waals surface area contributed by atoms with Gasteiger partial charge < -0.3 is 9.64 Å². The number of esters is 1. The average Bonchev–Trinajstić information content (AvgIpc) is 2.71. The van der Waals surface area contributed by atoms with Crippen LogP contribution in [0.4, 0.5) is 0 Å². The van der Waals surface area contributed by atoms with Crippen molar-refractivity contribution in [2.75, 3.05) is 27.2 Å². The quantitative estimate of drug-likeness (QED) is 0.601. The molecule has 0 unspecified atom stereocenters. The fourth-order valence-corrected chi connectivity index (χ4v) is 4.05. The molecule has 0 N–H and O–H groups in total. The number of benzene rings is 1. The third-order valence-corrected chi connectivity index (χ3v) is 6.78. The van der Waals surface area contributed by atoms with Gasteiger partial charge in [0.15, 0.2) is 6.61 Å². The Labute approximate surface area is 173 Å². The molecule has 0 radical (unpaired) electrons. The van der Waals surface area contributed by atoms with E-state index in [4.69, 9.17) is 4.74 Å². The van der Waals surface area contributed by atoms with Gasteiger partial charge in [0.05, 0.1) is 0 Å². The van der Waals surface area contributed by atoms with Crippen molar-refractivity contribution in [2.24, 2.45) is 5.92 Å². The van der Waals surface area contributed by atoms with Crippen molar-refractivity contribution in [3.63, 3.8) is 0 Å². The first kappa shape index (κ1) is 23.1. The first-order chi connectivity index (χ1) is 13.7. The van der Waals surface area contributed by atoms with E-state index in [0.29, 0.717) is 5.92 Å². The molecule has 0 spiro atoms. The Morgan fingerprint density at radius 2 is 1.72 bits per heavy atom. The highest BCUT2D eigenvalue weighted by molar-refractivity contribution is 7.92. The van der Waals surface area contributed by atoms with Crippen LogP contribution in [0.1, 0.15) is 38.2 Å². The number of ether oxygens (including phenoxy) is 1. The zero-order valence-corrected chi connectivity index (χ0v) is 18.1. The third kappa shape index (κ3) is 7.29. The van der Waals surface area contributed by atoms with Gasteiger partial charge in [0.2, 0.25) is 10.0 Å².